The summed E-state index contributed by atoms with van der Waals surface area (Å²) >= 11 is 0. The second-order valence-electron chi connectivity index (χ2n) is 7.66. The predicted octanol–water partition coefficient (Wildman–Crippen LogP) is 4.12. The molecule has 9 heteroatoms. The molecule has 2 amide bonds. The number of hydrogen-bond donors (Lipinski definition) is 2. The first-order chi connectivity index (χ1) is 14.9. The largest absolute Gasteiger partial charge is 0.573 e. The van der Waals surface area contributed by atoms with Crippen LogP contribution in [0, 0.1) is 5.92 Å². The average molecular weight is 436 g/mol. The number of hydrogen-bond acceptors (Lipinski definition) is 4. The molecule has 0 bridgehead atoms. The zero-order valence-electron chi connectivity index (χ0n) is 16.6. The highest BCUT2D eigenvalue weighted by molar-refractivity contribution is 5.89. The summed E-state index contributed by atoms with van der Waals surface area (Å²) in [6.45, 7) is 0.936. The number of aryl methyl sites for hydroxylation is 1. The van der Waals surface area contributed by atoms with Crippen LogP contribution in [-0.2, 0) is 15.9 Å². The molecule has 2 aromatic carbocycles. The van der Waals surface area contributed by atoms with Gasteiger partial charge in [0.2, 0.25) is 0 Å². The molecule has 31 heavy (non-hydrogen) atoms. The van der Waals surface area contributed by atoms with Gasteiger partial charge in [-0.1, -0.05) is 30.3 Å². The van der Waals surface area contributed by atoms with Gasteiger partial charge in [-0.25, -0.2) is 4.79 Å². The molecular formula is C22H23F3N2O4. The summed E-state index contributed by atoms with van der Waals surface area (Å²) in [7, 11) is 0. The number of alkyl halides is 3. The summed E-state index contributed by atoms with van der Waals surface area (Å²) in [6, 6.07) is 14.4. The molecule has 0 spiro atoms. The first-order valence-electron chi connectivity index (χ1n) is 10.1. The van der Waals surface area contributed by atoms with Gasteiger partial charge in [0.25, 0.3) is 0 Å². The van der Waals surface area contributed by atoms with Crippen molar-refractivity contribution < 1.29 is 32.2 Å². The predicted molar refractivity (Wildman–Crippen MR) is 107 cm³/mol. The minimum atomic E-state index is -4.76. The molecule has 2 N–H and O–H groups in total. The number of carbonyl (C=O) groups excluding carboxylic acids is 1. The SMILES string of the molecule is O=C(Nc1ccc(OC(F)(F)F)cc1)N[C@H]1CO[C@@H]2[C@@H](CCc3ccccc3)CO[C@@H]21. The Labute approximate surface area is 177 Å². The highest BCUT2D eigenvalue weighted by atomic mass is 19.4. The van der Waals surface area contributed by atoms with Gasteiger partial charge >= 0.3 is 12.4 Å². The number of urea groups is 1. The summed E-state index contributed by atoms with van der Waals surface area (Å²) in [5.74, 6) is -0.0902. The summed E-state index contributed by atoms with van der Waals surface area (Å²) in [5, 5.41) is 5.43. The van der Waals surface area contributed by atoms with Crippen LogP contribution in [0.25, 0.3) is 0 Å². The Morgan fingerprint density at radius 3 is 2.42 bits per heavy atom. The standard InChI is InChI=1S/C22H23F3N2O4/c23-22(24,25)31-17-10-8-16(9-11-17)26-21(28)27-18-13-30-19-15(12-29-20(18)19)7-6-14-4-2-1-3-5-14/h1-5,8-11,15,18-20H,6-7,12-13H2,(H2,26,27,28)/t15-,18-,19+,20+/m0/s1. The van der Waals surface area contributed by atoms with Gasteiger partial charge in [-0.05, 0) is 42.7 Å². The van der Waals surface area contributed by atoms with E-state index in [0.717, 1.165) is 25.0 Å². The fourth-order valence-corrected chi connectivity index (χ4v) is 4.02. The number of amides is 2. The summed E-state index contributed by atoms with van der Waals surface area (Å²) in [4.78, 5) is 12.3. The summed E-state index contributed by atoms with van der Waals surface area (Å²) in [5.41, 5.74) is 1.61. The molecule has 0 unspecified atom stereocenters. The number of benzene rings is 2. The van der Waals surface area contributed by atoms with Gasteiger partial charge in [0.1, 0.15) is 11.9 Å². The molecule has 2 aliphatic rings. The number of fused-ring (bicyclic) bond motifs is 1. The van der Waals surface area contributed by atoms with Crippen LogP contribution in [0.1, 0.15) is 12.0 Å². The molecule has 2 aliphatic heterocycles. The molecule has 2 fully saturated rings. The van der Waals surface area contributed by atoms with Crippen LogP contribution in [0.15, 0.2) is 54.6 Å². The summed E-state index contributed by atoms with van der Waals surface area (Å²) < 4.78 is 52.3. The van der Waals surface area contributed by atoms with Crippen molar-refractivity contribution in [1.29, 1.82) is 0 Å². The average Bonchev–Trinajstić information content (AvgIpc) is 3.31. The molecule has 0 aromatic heterocycles. The van der Waals surface area contributed by atoms with Crippen molar-refractivity contribution >= 4 is 11.7 Å². The smallest absolute Gasteiger partial charge is 0.406 e. The van der Waals surface area contributed by atoms with E-state index in [1.54, 1.807) is 0 Å². The van der Waals surface area contributed by atoms with E-state index in [0.29, 0.717) is 18.9 Å². The van der Waals surface area contributed by atoms with Gasteiger partial charge in [0.15, 0.2) is 0 Å². The van der Waals surface area contributed by atoms with Crippen LogP contribution in [0.4, 0.5) is 23.7 Å². The maximum Gasteiger partial charge on any atom is 0.573 e. The second-order valence-corrected chi connectivity index (χ2v) is 7.66. The van der Waals surface area contributed by atoms with Crippen molar-refractivity contribution in [1.82, 2.24) is 5.32 Å². The normalized spacial score (nSPS) is 25.1. The third kappa shape index (κ3) is 5.68. The van der Waals surface area contributed by atoms with Crippen molar-refractivity contribution in [3.63, 3.8) is 0 Å². The highest BCUT2D eigenvalue weighted by Crippen LogP contribution is 2.34. The Hall–Kier alpha value is -2.78. The van der Waals surface area contributed by atoms with Gasteiger partial charge in [-0.3, -0.25) is 0 Å². The third-order valence-corrected chi connectivity index (χ3v) is 5.46. The number of halogens is 3. The van der Waals surface area contributed by atoms with Crippen molar-refractivity contribution in [3.8, 4) is 5.75 Å². The van der Waals surface area contributed by atoms with Crippen LogP contribution in [0.3, 0.4) is 0 Å². The van der Waals surface area contributed by atoms with Gasteiger partial charge in [-0.2, -0.15) is 0 Å². The Morgan fingerprint density at radius 1 is 1.00 bits per heavy atom. The molecule has 0 radical (unpaired) electrons. The molecule has 2 aromatic rings. The van der Waals surface area contributed by atoms with E-state index in [2.05, 4.69) is 27.5 Å². The lowest BCUT2D eigenvalue weighted by molar-refractivity contribution is -0.274. The maximum absolute atomic E-state index is 12.3. The van der Waals surface area contributed by atoms with Crippen LogP contribution >= 0.6 is 0 Å². The number of rotatable bonds is 6. The van der Waals surface area contributed by atoms with Crippen LogP contribution in [-0.4, -0.2) is 43.9 Å². The highest BCUT2D eigenvalue weighted by Gasteiger charge is 2.47. The zero-order valence-corrected chi connectivity index (χ0v) is 16.6. The van der Waals surface area contributed by atoms with Crippen molar-refractivity contribution in [2.75, 3.05) is 18.5 Å². The molecule has 166 valence electrons. The second kappa shape index (κ2) is 9.15. The topological polar surface area (TPSA) is 68.8 Å². The Morgan fingerprint density at radius 2 is 1.71 bits per heavy atom. The molecule has 4 atom stereocenters. The third-order valence-electron chi connectivity index (χ3n) is 5.46. The molecule has 0 aliphatic carbocycles. The fraction of sp³-hybridized carbons (Fsp3) is 0.409. The number of anilines is 1. The van der Waals surface area contributed by atoms with E-state index in [1.807, 2.05) is 18.2 Å². The van der Waals surface area contributed by atoms with Crippen molar-refractivity contribution in [2.45, 2.75) is 37.5 Å². The van der Waals surface area contributed by atoms with Gasteiger partial charge < -0.3 is 24.8 Å². The lowest BCUT2D eigenvalue weighted by Crippen LogP contribution is -2.45. The molecular weight excluding hydrogens is 413 g/mol. The quantitative estimate of drug-likeness (QED) is 0.715. The van der Waals surface area contributed by atoms with Gasteiger partial charge in [0, 0.05) is 11.6 Å². The Balaban J connectivity index is 1.25. The van der Waals surface area contributed by atoms with E-state index >= 15 is 0 Å². The van der Waals surface area contributed by atoms with E-state index < -0.39 is 12.4 Å². The lowest BCUT2D eigenvalue weighted by atomic mass is 9.93. The van der Waals surface area contributed by atoms with E-state index in [1.165, 1.54) is 17.7 Å². The molecule has 6 nitrogen and oxygen atoms in total. The fourth-order valence-electron chi connectivity index (χ4n) is 4.02. The molecule has 2 heterocycles. The minimum Gasteiger partial charge on any atom is -0.406 e. The van der Waals surface area contributed by atoms with E-state index in [9.17, 15) is 18.0 Å². The summed E-state index contributed by atoms with van der Waals surface area (Å²) in [6.07, 6.45) is -3.15. The van der Waals surface area contributed by atoms with Crippen LogP contribution < -0.4 is 15.4 Å². The number of ether oxygens (including phenoxy) is 3. The maximum atomic E-state index is 12.3. The number of nitrogens with one attached hydrogen (secondary N) is 2. The van der Waals surface area contributed by atoms with Gasteiger partial charge in [-0.15, -0.1) is 13.2 Å². The Kier molecular flexibility index (Phi) is 6.33. The van der Waals surface area contributed by atoms with E-state index in [4.69, 9.17) is 9.47 Å². The lowest BCUT2D eigenvalue weighted by Gasteiger charge is -2.18. The minimum absolute atomic E-state index is 0.0622. The number of carbonyl (C=O) groups is 1. The van der Waals surface area contributed by atoms with Crippen molar-refractivity contribution in [2.24, 2.45) is 5.92 Å². The van der Waals surface area contributed by atoms with E-state index in [-0.39, 0.29) is 29.9 Å². The van der Waals surface area contributed by atoms with Gasteiger partial charge in [0.05, 0.1) is 25.4 Å². The van der Waals surface area contributed by atoms with Crippen LogP contribution in [0.5, 0.6) is 5.75 Å². The monoisotopic (exact) mass is 436 g/mol. The molecule has 2 saturated heterocycles. The molecule has 4 rings (SSSR count). The first kappa shape index (κ1) is 21.5. The first-order valence-corrected chi connectivity index (χ1v) is 10.1. The molecule has 0 saturated carbocycles. The Bertz CT molecular complexity index is 877. The zero-order chi connectivity index (χ0) is 21.8. The van der Waals surface area contributed by atoms with Crippen LogP contribution in [0.2, 0.25) is 0 Å². The van der Waals surface area contributed by atoms with Crippen molar-refractivity contribution in [3.05, 3.63) is 60.2 Å².